The van der Waals surface area contributed by atoms with E-state index < -0.39 is 58.3 Å². The van der Waals surface area contributed by atoms with Crippen molar-refractivity contribution in [1.82, 2.24) is 5.32 Å². The summed E-state index contributed by atoms with van der Waals surface area (Å²) in [7, 11) is 0. The molecular weight excluding hydrogens is 709 g/mol. The van der Waals surface area contributed by atoms with Crippen molar-refractivity contribution in [2.24, 2.45) is 69.8 Å². The van der Waals surface area contributed by atoms with Crippen molar-refractivity contribution < 1.29 is 40.2 Å². The maximum atomic E-state index is 14.5. The first kappa shape index (κ1) is 41.5. The third kappa shape index (κ3) is 6.48. The lowest BCUT2D eigenvalue weighted by molar-refractivity contribution is -0.203. The summed E-state index contributed by atoms with van der Waals surface area (Å²) in [5.74, 6) is 0.146. The molecule has 0 aromatic rings. The van der Waals surface area contributed by atoms with Gasteiger partial charge >= 0.3 is 0 Å². The van der Waals surface area contributed by atoms with Gasteiger partial charge in [-0.1, -0.05) is 52.2 Å². The van der Waals surface area contributed by atoms with Gasteiger partial charge in [0, 0.05) is 24.0 Å². The van der Waals surface area contributed by atoms with Crippen LogP contribution in [0.15, 0.2) is 23.8 Å². The van der Waals surface area contributed by atoms with Gasteiger partial charge in [-0.3, -0.25) is 10.1 Å². The minimum Gasteiger partial charge on any atom is -0.396 e. The number of piperidine rings is 1. The van der Waals surface area contributed by atoms with E-state index in [-0.39, 0.29) is 73.1 Å². The molecule has 0 aromatic heterocycles. The lowest BCUT2D eigenvalue weighted by Gasteiger charge is -2.63. The second-order valence-corrected chi connectivity index (χ2v) is 21.0. The van der Waals surface area contributed by atoms with Crippen LogP contribution in [-0.2, 0) is 9.53 Å². The summed E-state index contributed by atoms with van der Waals surface area (Å²) in [5.41, 5.74) is 2.66. The van der Waals surface area contributed by atoms with E-state index in [0.717, 1.165) is 50.0 Å². The number of ketones is 1. The van der Waals surface area contributed by atoms with Crippen molar-refractivity contribution in [2.45, 2.75) is 184 Å². The third-order valence-electron chi connectivity index (χ3n) is 18.2. The number of ether oxygens (including phenoxy) is 1. The molecule has 2 aliphatic heterocycles. The Morgan fingerprint density at radius 2 is 1.73 bits per heavy atom. The van der Waals surface area contributed by atoms with Gasteiger partial charge in [0.1, 0.15) is 6.10 Å². The molecule has 0 aromatic carbocycles. The van der Waals surface area contributed by atoms with Crippen molar-refractivity contribution >= 4 is 5.78 Å². The maximum absolute atomic E-state index is 14.5. The molecule has 6 fully saturated rings. The minimum atomic E-state index is -1.56. The molecule has 56 heavy (non-hydrogen) atoms. The molecule has 0 amide bonds. The minimum absolute atomic E-state index is 0.0652. The highest BCUT2D eigenvalue weighted by Crippen LogP contribution is 2.72. The van der Waals surface area contributed by atoms with Gasteiger partial charge in [0.15, 0.2) is 5.78 Å². The molecule has 1 spiro atoms. The number of fused-ring (bicyclic) bond motifs is 3. The summed E-state index contributed by atoms with van der Waals surface area (Å²) in [5, 5.41) is 74.2. The Morgan fingerprint density at radius 1 is 1.00 bits per heavy atom. The van der Waals surface area contributed by atoms with Crippen molar-refractivity contribution in [1.29, 1.82) is 0 Å². The molecule has 8 rings (SSSR count). The molecule has 10 heteroatoms. The van der Waals surface area contributed by atoms with Gasteiger partial charge in [-0.05, 0) is 155 Å². The Kier molecular flexibility index (Phi) is 11.4. The molecule has 9 N–H and O–H groups in total. The highest BCUT2D eigenvalue weighted by molar-refractivity contribution is 5.95. The summed E-state index contributed by atoms with van der Waals surface area (Å²) < 4.78 is 6.74. The van der Waals surface area contributed by atoms with Crippen LogP contribution in [0.2, 0.25) is 0 Å². The van der Waals surface area contributed by atoms with Gasteiger partial charge in [-0.15, -0.1) is 0 Å². The second kappa shape index (κ2) is 15.4. The van der Waals surface area contributed by atoms with Crippen LogP contribution in [0, 0.1) is 64.1 Å². The van der Waals surface area contributed by atoms with Crippen LogP contribution in [0.5, 0.6) is 0 Å². The Hall–Kier alpha value is -1.21. The quantitative estimate of drug-likeness (QED) is 0.155. The molecule has 0 radical (unpaired) electrons. The van der Waals surface area contributed by atoms with Crippen LogP contribution in [0.3, 0.4) is 0 Å². The average molecular weight is 783 g/mol. The maximum Gasteiger partial charge on any atom is 0.159 e. The zero-order chi connectivity index (χ0) is 39.9. The van der Waals surface area contributed by atoms with Crippen LogP contribution in [-0.4, -0.2) is 97.0 Å². The summed E-state index contributed by atoms with van der Waals surface area (Å²) >= 11 is 0. The first-order valence-corrected chi connectivity index (χ1v) is 22.8. The van der Waals surface area contributed by atoms with Gasteiger partial charge in [0.25, 0.3) is 0 Å². The van der Waals surface area contributed by atoms with Crippen LogP contribution in [0.25, 0.3) is 0 Å². The SMILES string of the molecule is CCC[C@H]1CC[C@@H]2[C@H](C)[C@H]([C@@H](O)[C@](C)(O)[C@@H]3CC[C@]4(O)C5=CC(=O)[C@@H]6C[C@@H](O)[C@@H](O)C[C@@]67C[C@@H](C6CCC(N)NC6CCCO)C=C[C@@H](C[C@]34C)[C@@H]57)O[C@@H]2CC1. The zero-order valence-electron chi connectivity index (χ0n) is 34.6. The van der Waals surface area contributed by atoms with Crippen LogP contribution in [0.4, 0.5) is 0 Å². The molecule has 2 heterocycles. The fourth-order valence-electron chi connectivity index (χ4n) is 15.4. The van der Waals surface area contributed by atoms with Crippen LogP contribution >= 0.6 is 0 Å². The van der Waals surface area contributed by atoms with Gasteiger partial charge < -0.3 is 41.1 Å². The fourth-order valence-corrected chi connectivity index (χ4v) is 15.4. The number of rotatable bonds is 9. The molecule has 316 valence electrons. The van der Waals surface area contributed by atoms with E-state index in [0.29, 0.717) is 38.0 Å². The normalized spacial score (nSPS) is 51.7. The molecular formula is C46H74N2O8. The van der Waals surface area contributed by atoms with E-state index in [1.165, 1.54) is 19.3 Å². The lowest BCUT2D eigenvalue weighted by Crippen LogP contribution is -2.66. The summed E-state index contributed by atoms with van der Waals surface area (Å²) in [4.78, 5) is 14.5. The van der Waals surface area contributed by atoms with E-state index in [2.05, 4.69) is 38.2 Å². The van der Waals surface area contributed by atoms with E-state index in [1.807, 2.05) is 0 Å². The highest BCUT2D eigenvalue weighted by Gasteiger charge is 2.72. The van der Waals surface area contributed by atoms with Crippen LogP contribution < -0.4 is 11.1 Å². The number of allylic oxidation sites excluding steroid dienone is 3. The number of carbonyl (C=O) groups is 1. The Balaban J connectivity index is 1.13. The highest BCUT2D eigenvalue weighted by atomic mass is 16.5. The third-order valence-corrected chi connectivity index (χ3v) is 18.2. The smallest absolute Gasteiger partial charge is 0.159 e. The molecule has 2 saturated heterocycles. The predicted molar refractivity (Wildman–Crippen MR) is 214 cm³/mol. The van der Waals surface area contributed by atoms with Crippen molar-refractivity contribution in [3.8, 4) is 0 Å². The standard InChI is InChI=1S/C46H74N2O8/c1-5-7-26-9-13-29-25(2)41(56-37(29)15-10-26)42(53)44(4,54)38-17-18-46(55)32-21-34(50)31-20-35(51)36(52)24-45(31)23-27(11-12-28(40(32)45)22-43(38,46)3)30-14-16-39(47)48-33(30)8-6-19-49/h11-12,21,25-31,33,35-42,48-49,51-55H,5-10,13-20,22-24,47H2,1-4H3/t25-,26-,27-,28-,29+,30?,31-,33?,35+,36-,37+,38+,39?,40-,41+,42+,43+,44+,45-,46-/m0/s1. The van der Waals surface area contributed by atoms with Gasteiger partial charge in [0.05, 0.1) is 41.8 Å². The number of hydrogen-bond donors (Lipinski definition) is 8. The molecule has 6 aliphatic carbocycles. The van der Waals surface area contributed by atoms with Crippen molar-refractivity contribution in [3.05, 3.63) is 23.8 Å². The second-order valence-electron chi connectivity index (χ2n) is 21.0. The van der Waals surface area contributed by atoms with Gasteiger partial charge in [-0.25, -0.2) is 0 Å². The molecule has 8 aliphatic rings. The number of aliphatic hydroxyl groups excluding tert-OH is 4. The Labute approximate surface area is 335 Å². The largest absolute Gasteiger partial charge is 0.396 e. The first-order valence-electron chi connectivity index (χ1n) is 22.8. The summed E-state index contributed by atoms with van der Waals surface area (Å²) in [6, 6.07) is 0.0946. The summed E-state index contributed by atoms with van der Waals surface area (Å²) in [6.45, 7) is 8.39. The van der Waals surface area contributed by atoms with Crippen molar-refractivity contribution in [2.75, 3.05) is 6.61 Å². The summed E-state index contributed by atoms with van der Waals surface area (Å²) in [6.07, 6.45) is 15.4. The van der Waals surface area contributed by atoms with Gasteiger partial charge in [0.2, 0.25) is 0 Å². The molecule has 0 bridgehead atoms. The predicted octanol–water partition coefficient (Wildman–Crippen LogP) is 4.52. The molecule has 10 nitrogen and oxygen atoms in total. The van der Waals surface area contributed by atoms with Gasteiger partial charge in [-0.2, -0.15) is 0 Å². The van der Waals surface area contributed by atoms with E-state index in [9.17, 15) is 35.4 Å². The first-order chi connectivity index (χ1) is 26.6. The molecule has 20 atom stereocenters. The monoisotopic (exact) mass is 783 g/mol. The van der Waals surface area contributed by atoms with Crippen LogP contribution in [0.1, 0.15) is 130 Å². The number of nitrogens with two attached hydrogens (primary N) is 1. The topological polar surface area (TPSA) is 186 Å². The van der Waals surface area contributed by atoms with Crippen molar-refractivity contribution in [3.63, 3.8) is 0 Å². The number of carbonyl (C=O) groups excluding carboxylic acids is 1. The Bertz CT molecular complexity index is 1520. The Morgan fingerprint density at radius 3 is 2.48 bits per heavy atom. The fraction of sp³-hybridized carbons (Fsp3) is 0.891. The molecule has 3 unspecified atom stereocenters. The van der Waals surface area contributed by atoms with E-state index in [1.54, 1.807) is 13.0 Å². The average Bonchev–Trinajstić information content (AvgIpc) is 3.45. The zero-order valence-corrected chi connectivity index (χ0v) is 34.6. The van der Waals surface area contributed by atoms with E-state index in [4.69, 9.17) is 10.5 Å². The number of nitrogens with one attached hydrogen (secondary N) is 1. The molecule has 4 saturated carbocycles. The number of hydrogen-bond acceptors (Lipinski definition) is 10. The lowest BCUT2D eigenvalue weighted by atomic mass is 9.42. The van der Waals surface area contributed by atoms with E-state index >= 15 is 0 Å². The number of aliphatic hydroxyl groups is 6.